The molecule has 0 saturated carbocycles. The van der Waals surface area contributed by atoms with Gasteiger partial charge in [0, 0.05) is 30.0 Å². The molecule has 0 fully saturated rings. The maximum atomic E-state index is 12.9. The Morgan fingerprint density at radius 3 is 2.19 bits per heavy atom. The van der Waals surface area contributed by atoms with Crippen LogP contribution in [-0.4, -0.2) is 33.1 Å². The highest BCUT2D eigenvalue weighted by Gasteiger charge is 2.17. The van der Waals surface area contributed by atoms with Crippen molar-refractivity contribution < 1.29 is 23.8 Å². The zero-order valence-electron chi connectivity index (χ0n) is 18.3. The van der Waals surface area contributed by atoms with Crippen molar-refractivity contribution in [3.05, 3.63) is 101 Å². The van der Waals surface area contributed by atoms with Crippen LogP contribution in [-0.2, 0) is 11.2 Å². The second-order valence-corrected chi connectivity index (χ2v) is 6.91. The molecule has 0 aliphatic rings. The van der Waals surface area contributed by atoms with Crippen LogP contribution in [0.15, 0.2) is 79.0 Å². The monoisotopic (exact) mass is 431 g/mol. The second kappa shape index (κ2) is 10.8. The minimum absolute atomic E-state index is 0.149. The Morgan fingerprint density at radius 2 is 1.50 bits per heavy atom. The van der Waals surface area contributed by atoms with Crippen LogP contribution < -0.4 is 14.8 Å². The first-order valence-corrected chi connectivity index (χ1v) is 10.0. The van der Waals surface area contributed by atoms with Gasteiger partial charge in [0.25, 0.3) is 0 Å². The van der Waals surface area contributed by atoms with Crippen LogP contribution in [0.4, 0.5) is 5.69 Å². The maximum absolute atomic E-state index is 12.9. The number of hydrogen-bond acceptors (Lipinski definition) is 6. The van der Waals surface area contributed by atoms with Gasteiger partial charge in [-0.25, -0.2) is 4.79 Å². The predicted molar refractivity (Wildman–Crippen MR) is 124 cm³/mol. The van der Waals surface area contributed by atoms with Crippen molar-refractivity contribution in [1.82, 2.24) is 0 Å². The molecule has 0 heterocycles. The smallest absolute Gasteiger partial charge is 0.340 e. The summed E-state index contributed by atoms with van der Waals surface area (Å²) >= 11 is 0. The molecule has 32 heavy (non-hydrogen) atoms. The van der Waals surface area contributed by atoms with E-state index in [0.29, 0.717) is 29.2 Å². The molecule has 0 saturated heterocycles. The molecule has 6 nitrogen and oxygen atoms in total. The highest BCUT2D eigenvalue weighted by molar-refractivity contribution is 6.06. The number of benzene rings is 3. The fourth-order valence-corrected chi connectivity index (χ4v) is 3.30. The fourth-order valence-electron chi connectivity index (χ4n) is 3.30. The summed E-state index contributed by atoms with van der Waals surface area (Å²) in [6.45, 7) is 0. The van der Waals surface area contributed by atoms with Gasteiger partial charge in [-0.2, -0.15) is 0 Å². The van der Waals surface area contributed by atoms with E-state index in [-0.39, 0.29) is 11.3 Å². The van der Waals surface area contributed by atoms with E-state index in [4.69, 9.17) is 14.2 Å². The Morgan fingerprint density at radius 1 is 0.844 bits per heavy atom. The summed E-state index contributed by atoms with van der Waals surface area (Å²) < 4.78 is 15.4. The summed E-state index contributed by atoms with van der Waals surface area (Å²) in [7, 11) is 4.28. The summed E-state index contributed by atoms with van der Waals surface area (Å²) in [5, 5.41) is 2.99. The van der Waals surface area contributed by atoms with Crippen molar-refractivity contribution in [1.29, 1.82) is 0 Å². The molecular formula is C26H25NO5. The Balaban J connectivity index is 1.82. The first kappa shape index (κ1) is 22.6. The standard InChI is InChI=1S/C26H25NO5/c1-30-24-16-21(26(29)32-3)22(17-25(24)31-2)27-14-13-23(28)20-12-8-7-11-19(20)15-18-9-5-4-6-10-18/h4-14,16-17,27H,15H2,1-3H3/b14-13+. The average molecular weight is 431 g/mol. The van der Waals surface area contributed by atoms with Gasteiger partial charge in [0.1, 0.15) is 0 Å². The first-order chi connectivity index (χ1) is 15.6. The van der Waals surface area contributed by atoms with Crippen LogP contribution in [0, 0.1) is 0 Å². The Labute approximate surface area is 187 Å². The van der Waals surface area contributed by atoms with Crippen LogP contribution in [0.2, 0.25) is 0 Å². The third kappa shape index (κ3) is 5.35. The third-order valence-electron chi connectivity index (χ3n) is 4.92. The number of esters is 1. The number of allylic oxidation sites excluding steroid dienone is 1. The molecule has 3 aromatic rings. The van der Waals surface area contributed by atoms with Gasteiger partial charge in [0.15, 0.2) is 17.3 Å². The number of rotatable bonds is 9. The van der Waals surface area contributed by atoms with Gasteiger partial charge in [0.2, 0.25) is 0 Å². The number of anilines is 1. The number of nitrogens with one attached hydrogen (secondary N) is 1. The molecule has 0 atom stereocenters. The van der Waals surface area contributed by atoms with Gasteiger partial charge < -0.3 is 19.5 Å². The van der Waals surface area contributed by atoms with Crippen molar-refractivity contribution in [2.75, 3.05) is 26.6 Å². The van der Waals surface area contributed by atoms with Crippen molar-refractivity contribution in [3.8, 4) is 11.5 Å². The quantitative estimate of drug-likeness (QED) is 0.295. The Kier molecular flexibility index (Phi) is 7.65. The molecule has 6 heteroatoms. The molecule has 0 unspecified atom stereocenters. The number of methoxy groups -OCH3 is 3. The molecule has 0 bridgehead atoms. The zero-order chi connectivity index (χ0) is 22.9. The van der Waals surface area contributed by atoms with E-state index in [1.165, 1.54) is 39.7 Å². The van der Waals surface area contributed by atoms with E-state index in [1.54, 1.807) is 12.1 Å². The van der Waals surface area contributed by atoms with Gasteiger partial charge in [0.05, 0.1) is 32.6 Å². The lowest BCUT2D eigenvalue weighted by molar-refractivity contribution is 0.0601. The fraction of sp³-hybridized carbons (Fsp3) is 0.154. The Hall–Kier alpha value is -4.06. The van der Waals surface area contributed by atoms with Crippen molar-refractivity contribution >= 4 is 17.4 Å². The molecule has 1 N–H and O–H groups in total. The molecular weight excluding hydrogens is 406 g/mol. The lowest BCUT2D eigenvalue weighted by Gasteiger charge is -2.13. The minimum atomic E-state index is -0.540. The lowest BCUT2D eigenvalue weighted by atomic mass is 9.97. The summed E-state index contributed by atoms with van der Waals surface area (Å²) in [6.07, 6.45) is 3.59. The molecule has 0 aromatic heterocycles. The normalized spacial score (nSPS) is 10.6. The zero-order valence-corrected chi connectivity index (χ0v) is 18.3. The SMILES string of the molecule is COC(=O)c1cc(OC)c(OC)cc1N/C=C/C(=O)c1ccccc1Cc1ccccc1. The summed E-state index contributed by atoms with van der Waals surface area (Å²) in [5.41, 5.74) is 3.37. The predicted octanol–water partition coefficient (Wildman–Crippen LogP) is 4.89. The van der Waals surface area contributed by atoms with Gasteiger partial charge in [-0.3, -0.25) is 4.79 Å². The van der Waals surface area contributed by atoms with E-state index in [9.17, 15) is 9.59 Å². The van der Waals surface area contributed by atoms with Crippen LogP contribution in [0.25, 0.3) is 0 Å². The van der Waals surface area contributed by atoms with E-state index in [1.807, 2.05) is 48.5 Å². The number of carbonyl (C=O) groups excluding carboxylic acids is 2. The van der Waals surface area contributed by atoms with E-state index in [0.717, 1.165) is 11.1 Å². The molecule has 0 aliphatic heterocycles. The van der Waals surface area contributed by atoms with Crippen molar-refractivity contribution in [2.24, 2.45) is 0 Å². The van der Waals surface area contributed by atoms with Crippen LogP contribution in [0.1, 0.15) is 31.8 Å². The van der Waals surface area contributed by atoms with Crippen molar-refractivity contribution in [3.63, 3.8) is 0 Å². The summed E-state index contributed by atoms with van der Waals surface area (Å²) in [5.74, 6) is 0.148. The molecule has 0 amide bonds. The minimum Gasteiger partial charge on any atom is -0.493 e. The largest absolute Gasteiger partial charge is 0.493 e. The van der Waals surface area contributed by atoms with E-state index in [2.05, 4.69) is 5.32 Å². The molecule has 164 valence electrons. The van der Waals surface area contributed by atoms with Gasteiger partial charge in [-0.1, -0.05) is 54.6 Å². The van der Waals surface area contributed by atoms with Gasteiger partial charge in [-0.15, -0.1) is 0 Å². The molecule has 0 spiro atoms. The molecule has 3 aromatic carbocycles. The second-order valence-electron chi connectivity index (χ2n) is 6.91. The number of hydrogen-bond donors (Lipinski definition) is 1. The number of ether oxygens (including phenoxy) is 3. The number of ketones is 1. The van der Waals surface area contributed by atoms with Crippen LogP contribution in [0.3, 0.4) is 0 Å². The van der Waals surface area contributed by atoms with E-state index >= 15 is 0 Å². The lowest BCUT2D eigenvalue weighted by Crippen LogP contribution is -2.07. The highest BCUT2D eigenvalue weighted by Crippen LogP contribution is 2.33. The highest BCUT2D eigenvalue weighted by atomic mass is 16.5. The third-order valence-corrected chi connectivity index (χ3v) is 4.92. The van der Waals surface area contributed by atoms with Gasteiger partial charge >= 0.3 is 5.97 Å². The molecule has 0 radical (unpaired) electrons. The van der Waals surface area contributed by atoms with Gasteiger partial charge in [-0.05, 0) is 17.5 Å². The molecule has 3 rings (SSSR count). The maximum Gasteiger partial charge on any atom is 0.340 e. The Bertz CT molecular complexity index is 1120. The van der Waals surface area contributed by atoms with E-state index < -0.39 is 5.97 Å². The first-order valence-electron chi connectivity index (χ1n) is 10.0. The topological polar surface area (TPSA) is 73.9 Å². The number of carbonyl (C=O) groups is 2. The molecule has 0 aliphatic carbocycles. The average Bonchev–Trinajstić information content (AvgIpc) is 2.84. The van der Waals surface area contributed by atoms with Crippen molar-refractivity contribution in [2.45, 2.75) is 6.42 Å². The van der Waals surface area contributed by atoms with Crippen LogP contribution >= 0.6 is 0 Å². The summed E-state index contributed by atoms with van der Waals surface area (Å²) in [6, 6.07) is 20.6. The summed E-state index contributed by atoms with van der Waals surface area (Å²) in [4.78, 5) is 25.1. The van der Waals surface area contributed by atoms with Crippen LogP contribution in [0.5, 0.6) is 11.5 Å².